The Morgan fingerprint density at radius 2 is 1.75 bits per heavy atom. The molecule has 1 amide bonds. The maximum Gasteiger partial charge on any atom is 0.306 e. The van der Waals surface area contributed by atoms with Gasteiger partial charge in [-0.3, -0.25) is 19.2 Å². The fraction of sp³-hybridized carbons (Fsp3) is 0.333. The lowest BCUT2D eigenvalue weighted by atomic mass is 10.1. The fourth-order valence-electron chi connectivity index (χ4n) is 2.71. The summed E-state index contributed by atoms with van der Waals surface area (Å²) in [6, 6.07) is 7.96. The number of benzene rings is 1. The minimum Gasteiger partial charge on any atom is -0.466 e. The summed E-state index contributed by atoms with van der Waals surface area (Å²) >= 11 is 0. The van der Waals surface area contributed by atoms with Gasteiger partial charge in [0.1, 0.15) is 11.5 Å². The minimum atomic E-state index is -0.940. The summed E-state index contributed by atoms with van der Waals surface area (Å²) < 4.78 is 10.7. The zero-order chi connectivity index (χ0) is 20.8. The maximum atomic E-state index is 12.4. The monoisotopic (exact) mass is 385 g/mol. The van der Waals surface area contributed by atoms with Gasteiger partial charge in [0.25, 0.3) is 0 Å². The Morgan fingerprint density at radius 3 is 2.29 bits per heavy atom. The van der Waals surface area contributed by atoms with E-state index in [0.29, 0.717) is 28.3 Å². The maximum absolute atomic E-state index is 12.4. The van der Waals surface area contributed by atoms with E-state index in [4.69, 9.17) is 9.15 Å². The van der Waals surface area contributed by atoms with E-state index in [1.54, 1.807) is 37.3 Å². The van der Waals surface area contributed by atoms with Crippen LogP contribution in [-0.4, -0.2) is 29.5 Å². The van der Waals surface area contributed by atoms with Crippen LogP contribution < -0.4 is 5.32 Å². The van der Waals surface area contributed by atoms with Gasteiger partial charge >= 0.3 is 5.97 Å². The summed E-state index contributed by atoms with van der Waals surface area (Å²) in [5.74, 6) is -0.138. The Labute approximate surface area is 163 Å². The molecule has 0 saturated heterocycles. The minimum absolute atomic E-state index is 0.0311. The molecule has 2 rings (SSSR count). The molecule has 7 heteroatoms. The zero-order valence-corrected chi connectivity index (χ0v) is 16.3. The van der Waals surface area contributed by atoms with Gasteiger partial charge in [-0.25, -0.2) is 0 Å². The first-order chi connectivity index (χ1) is 13.2. The highest BCUT2D eigenvalue weighted by molar-refractivity contribution is 6.00. The number of amides is 1. The topological polar surface area (TPSA) is 103 Å². The van der Waals surface area contributed by atoms with Crippen LogP contribution in [0.25, 0.3) is 0 Å². The van der Waals surface area contributed by atoms with Crippen LogP contribution in [0.5, 0.6) is 0 Å². The number of ketones is 2. The molecular formula is C21H23NO6. The van der Waals surface area contributed by atoms with Crippen molar-refractivity contribution in [3.8, 4) is 0 Å². The third-order valence-corrected chi connectivity index (χ3v) is 4.09. The van der Waals surface area contributed by atoms with E-state index in [1.165, 1.54) is 20.8 Å². The first-order valence-electron chi connectivity index (χ1n) is 8.89. The summed E-state index contributed by atoms with van der Waals surface area (Å²) in [5.41, 5.74) is 1.45. The van der Waals surface area contributed by atoms with Crippen LogP contribution in [0.1, 0.15) is 59.4 Å². The molecule has 0 unspecified atom stereocenters. The zero-order valence-electron chi connectivity index (χ0n) is 16.3. The normalized spacial score (nSPS) is 11.6. The number of carbonyl (C=O) groups is 4. The van der Waals surface area contributed by atoms with Gasteiger partial charge in [-0.2, -0.15) is 0 Å². The van der Waals surface area contributed by atoms with Crippen molar-refractivity contribution >= 4 is 29.1 Å². The molecule has 0 fully saturated rings. The number of hydrogen-bond acceptors (Lipinski definition) is 6. The molecule has 0 saturated carbocycles. The number of ether oxygens (including phenoxy) is 1. The van der Waals surface area contributed by atoms with Crippen LogP contribution in [0.4, 0.5) is 5.69 Å². The van der Waals surface area contributed by atoms with Crippen LogP contribution in [0.2, 0.25) is 0 Å². The Balaban J connectivity index is 1.89. The SMILES string of the molecule is CC(=O)Nc1ccc(C(=O)[C@H](C)OC(=O)CCc2cc(C(C)=O)c(C)o2)cc1. The van der Waals surface area contributed by atoms with E-state index in [0.717, 1.165) is 0 Å². The lowest BCUT2D eigenvalue weighted by Crippen LogP contribution is -2.24. The highest BCUT2D eigenvalue weighted by Gasteiger charge is 2.20. The van der Waals surface area contributed by atoms with E-state index in [1.807, 2.05) is 0 Å². The smallest absolute Gasteiger partial charge is 0.306 e. The number of rotatable bonds is 8. The van der Waals surface area contributed by atoms with Gasteiger partial charge in [-0.05, 0) is 51.1 Å². The lowest BCUT2D eigenvalue weighted by Gasteiger charge is -2.12. The number of esters is 1. The summed E-state index contributed by atoms with van der Waals surface area (Å²) in [6.07, 6.45) is -0.631. The van der Waals surface area contributed by atoms with Crippen molar-refractivity contribution in [3.05, 3.63) is 53.0 Å². The predicted octanol–water partition coefficient (Wildman–Crippen LogP) is 3.50. The van der Waals surface area contributed by atoms with Gasteiger partial charge in [0, 0.05) is 24.6 Å². The third kappa shape index (κ3) is 5.64. The molecule has 0 aliphatic heterocycles. The fourth-order valence-corrected chi connectivity index (χ4v) is 2.71. The van der Waals surface area contributed by atoms with Gasteiger partial charge < -0.3 is 14.5 Å². The molecule has 28 heavy (non-hydrogen) atoms. The highest BCUT2D eigenvalue weighted by atomic mass is 16.5. The average Bonchev–Trinajstić information content (AvgIpc) is 3.00. The number of aryl methyl sites for hydroxylation is 2. The molecule has 1 N–H and O–H groups in total. The van der Waals surface area contributed by atoms with Crippen molar-refractivity contribution in [1.29, 1.82) is 0 Å². The van der Waals surface area contributed by atoms with Gasteiger partial charge in [0.05, 0.1) is 12.0 Å². The van der Waals surface area contributed by atoms with Crippen molar-refractivity contribution < 1.29 is 28.3 Å². The highest BCUT2D eigenvalue weighted by Crippen LogP contribution is 2.17. The molecule has 0 aliphatic rings. The molecule has 1 aromatic carbocycles. The number of nitrogens with one attached hydrogen (secondary N) is 1. The molecule has 0 aliphatic carbocycles. The quantitative estimate of drug-likeness (QED) is 0.551. The number of hydrogen-bond donors (Lipinski definition) is 1. The van der Waals surface area contributed by atoms with Gasteiger partial charge in [-0.15, -0.1) is 0 Å². The first kappa shape index (κ1) is 21.1. The Hall–Kier alpha value is -3.22. The average molecular weight is 385 g/mol. The summed E-state index contributed by atoms with van der Waals surface area (Å²) in [6.45, 7) is 6.04. The molecule has 0 bridgehead atoms. The largest absolute Gasteiger partial charge is 0.466 e. The van der Waals surface area contributed by atoms with Gasteiger partial charge in [-0.1, -0.05) is 0 Å². The second kappa shape index (κ2) is 9.12. The molecule has 0 radical (unpaired) electrons. The third-order valence-electron chi connectivity index (χ3n) is 4.09. The van der Waals surface area contributed by atoms with Gasteiger partial charge in [0.15, 0.2) is 11.9 Å². The van der Waals surface area contributed by atoms with Crippen LogP contribution in [0, 0.1) is 6.92 Å². The van der Waals surface area contributed by atoms with E-state index in [9.17, 15) is 19.2 Å². The molecule has 1 aromatic heterocycles. The number of carbonyl (C=O) groups excluding carboxylic acids is 4. The van der Waals surface area contributed by atoms with Gasteiger partial charge in [0.2, 0.25) is 11.7 Å². The van der Waals surface area contributed by atoms with E-state index in [2.05, 4.69) is 5.32 Å². The van der Waals surface area contributed by atoms with Crippen molar-refractivity contribution in [2.24, 2.45) is 0 Å². The number of anilines is 1. The Bertz CT molecular complexity index is 894. The second-order valence-corrected chi connectivity index (χ2v) is 6.49. The number of furan rings is 1. The van der Waals surface area contributed by atoms with Crippen molar-refractivity contribution in [3.63, 3.8) is 0 Å². The van der Waals surface area contributed by atoms with E-state index in [-0.39, 0.29) is 30.3 Å². The van der Waals surface area contributed by atoms with Crippen molar-refractivity contribution in [2.75, 3.05) is 5.32 Å². The van der Waals surface area contributed by atoms with Crippen LogP contribution >= 0.6 is 0 Å². The van der Waals surface area contributed by atoms with Crippen LogP contribution in [0.15, 0.2) is 34.7 Å². The van der Waals surface area contributed by atoms with E-state index < -0.39 is 12.1 Å². The molecule has 1 atom stereocenters. The predicted molar refractivity (Wildman–Crippen MR) is 102 cm³/mol. The van der Waals surface area contributed by atoms with Crippen molar-refractivity contribution in [2.45, 2.75) is 46.6 Å². The summed E-state index contributed by atoms with van der Waals surface area (Å²) in [4.78, 5) is 46.9. The molecule has 2 aromatic rings. The van der Waals surface area contributed by atoms with Crippen LogP contribution in [0.3, 0.4) is 0 Å². The van der Waals surface area contributed by atoms with Crippen LogP contribution in [-0.2, 0) is 20.7 Å². The number of Topliss-reactive ketones (excluding diaryl/α,β-unsaturated/α-hetero) is 2. The summed E-state index contributed by atoms with van der Waals surface area (Å²) in [5, 5.41) is 2.61. The summed E-state index contributed by atoms with van der Waals surface area (Å²) in [7, 11) is 0. The molecule has 7 nitrogen and oxygen atoms in total. The Morgan fingerprint density at radius 1 is 1.11 bits per heavy atom. The Kier molecular flexibility index (Phi) is 6.87. The second-order valence-electron chi connectivity index (χ2n) is 6.49. The first-order valence-corrected chi connectivity index (χ1v) is 8.89. The molecule has 1 heterocycles. The lowest BCUT2D eigenvalue weighted by molar-refractivity contribution is -0.146. The molecule has 148 valence electrons. The van der Waals surface area contributed by atoms with Crippen molar-refractivity contribution in [1.82, 2.24) is 0 Å². The van der Waals surface area contributed by atoms with E-state index >= 15 is 0 Å². The molecule has 0 spiro atoms. The molecular weight excluding hydrogens is 362 g/mol. The standard InChI is InChI=1S/C21H23NO6/c1-12(23)19-11-18(27-13(19)2)9-10-20(25)28-14(3)21(26)16-5-7-17(8-6-16)22-15(4)24/h5-8,11,14H,9-10H2,1-4H3,(H,22,24)/t14-/m0/s1.